The second kappa shape index (κ2) is 5.22. The van der Waals surface area contributed by atoms with E-state index in [0.717, 1.165) is 24.3 Å². The van der Waals surface area contributed by atoms with Gasteiger partial charge in [0.2, 0.25) is 5.95 Å². The zero-order chi connectivity index (χ0) is 14.0. The maximum absolute atomic E-state index is 12.9. The summed E-state index contributed by atoms with van der Waals surface area (Å²) in [4.78, 5) is 3.22. The molecule has 0 aliphatic carbocycles. The highest BCUT2D eigenvalue weighted by Crippen LogP contribution is 2.24. The molecule has 0 amide bonds. The van der Waals surface area contributed by atoms with Crippen LogP contribution in [0.4, 0.5) is 14.6 Å². The molecule has 0 aliphatic rings. The Morgan fingerprint density at radius 2 is 1.89 bits per heavy atom. The average Bonchev–Trinajstić information content (AvgIpc) is 2.27. The second-order valence-corrected chi connectivity index (χ2v) is 6.03. The minimum Gasteiger partial charge on any atom is -0.263 e. The number of hydrogen-bond donors (Lipinski definition) is 1. The third-order valence-electron chi connectivity index (χ3n) is 2.14. The first kappa shape index (κ1) is 13.9. The van der Waals surface area contributed by atoms with E-state index in [9.17, 15) is 17.2 Å². The molecule has 0 spiro atoms. The van der Waals surface area contributed by atoms with Crippen LogP contribution in [0.2, 0.25) is 0 Å². The van der Waals surface area contributed by atoms with Gasteiger partial charge in [0.15, 0.2) is 0 Å². The zero-order valence-corrected chi connectivity index (χ0v) is 11.7. The molecule has 100 valence electrons. The summed E-state index contributed by atoms with van der Waals surface area (Å²) in [6, 6.07) is 6.84. The fourth-order valence-corrected chi connectivity index (χ4v) is 3.40. The molecule has 19 heavy (non-hydrogen) atoms. The van der Waals surface area contributed by atoms with Crippen LogP contribution in [-0.2, 0) is 10.0 Å². The molecular weight excluding hydrogens is 342 g/mol. The van der Waals surface area contributed by atoms with Crippen LogP contribution in [-0.4, -0.2) is 13.4 Å². The Labute approximate surface area is 116 Å². The van der Waals surface area contributed by atoms with E-state index in [-0.39, 0.29) is 15.2 Å². The summed E-state index contributed by atoms with van der Waals surface area (Å²) in [6.07, 6.45) is 0. The van der Waals surface area contributed by atoms with Crippen LogP contribution in [0.5, 0.6) is 0 Å². The van der Waals surface area contributed by atoms with Crippen molar-refractivity contribution < 1.29 is 17.2 Å². The van der Waals surface area contributed by atoms with Gasteiger partial charge in [0, 0.05) is 4.47 Å². The summed E-state index contributed by atoms with van der Waals surface area (Å²) >= 11 is 2.96. The fraction of sp³-hybridized carbons (Fsp3) is 0. The topological polar surface area (TPSA) is 59.1 Å². The molecule has 2 rings (SSSR count). The van der Waals surface area contributed by atoms with Crippen molar-refractivity contribution in [3.63, 3.8) is 0 Å². The first-order valence-corrected chi connectivity index (χ1v) is 7.26. The minimum absolute atomic E-state index is 0.0661. The predicted octanol–water partition coefficient (Wildman–Crippen LogP) is 2.92. The summed E-state index contributed by atoms with van der Waals surface area (Å²) < 4.78 is 52.0. The smallest absolute Gasteiger partial charge is 0.263 e. The van der Waals surface area contributed by atoms with Crippen molar-refractivity contribution >= 4 is 31.8 Å². The zero-order valence-electron chi connectivity index (χ0n) is 9.27. The van der Waals surface area contributed by atoms with Crippen molar-refractivity contribution in [2.45, 2.75) is 4.90 Å². The van der Waals surface area contributed by atoms with Crippen LogP contribution in [0.15, 0.2) is 45.8 Å². The number of hydrogen-bond acceptors (Lipinski definition) is 3. The van der Waals surface area contributed by atoms with E-state index < -0.39 is 21.8 Å². The summed E-state index contributed by atoms with van der Waals surface area (Å²) in [5.41, 5.74) is 0. The molecule has 0 bridgehead atoms. The summed E-state index contributed by atoms with van der Waals surface area (Å²) in [6.45, 7) is 0. The summed E-state index contributed by atoms with van der Waals surface area (Å²) in [7, 11) is -3.97. The van der Waals surface area contributed by atoms with Crippen molar-refractivity contribution in [1.82, 2.24) is 4.98 Å². The molecular formula is C11H7BrF2N2O2S. The number of nitrogens with one attached hydrogen (secondary N) is 1. The Morgan fingerprint density at radius 1 is 1.16 bits per heavy atom. The Morgan fingerprint density at radius 3 is 2.53 bits per heavy atom. The molecule has 0 fully saturated rings. The molecule has 0 unspecified atom stereocenters. The van der Waals surface area contributed by atoms with E-state index in [1.54, 1.807) is 0 Å². The normalized spacial score (nSPS) is 11.3. The number of nitrogens with zero attached hydrogens (tertiary/aromatic N) is 1. The third-order valence-corrected chi connectivity index (χ3v) is 4.47. The van der Waals surface area contributed by atoms with Crippen LogP contribution >= 0.6 is 15.9 Å². The molecule has 0 radical (unpaired) electrons. The van der Waals surface area contributed by atoms with Gasteiger partial charge in [-0.2, -0.15) is 4.39 Å². The van der Waals surface area contributed by atoms with Gasteiger partial charge >= 0.3 is 0 Å². The number of halogens is 3. The Balaban J connectivity index is 2.38. The lowest BCUT2D eigenvalue weighted by Crippen LogP contribution is -2.14. The first-order valence-electron chi connectivity index (χ1n) is 4.99. The van der Waals surface area contributed by atoms with E-state index in [1.165, 1.54) is 12.1 Å². The van der Waals surface area contributed by atoms with Crippen molar-refractivity contribution in [1.29, 1.82) is 0 Å². The molecule has 0 saturated heterocycles. The SMILES string of the molecule is O=S(=O)(Nc1cccc(F)n1)c1ccc(F)cc1Br. The van der Waals surface area contributed by atoms with E-state index in [1.807, 2.05) is 0 Å². The van der Waals surface area contributed by atoms with Crippen molar-refractivity contribution in [3.8, 4) is 0 Å². The third kappa shape index (κ3) is 3.27. The minimum atomic E-state index is -3.97. The maximum Gasteiger partial charge on any atom is 0.264 e. The first-order chi connectivity index (χ1) is 8.88. The molecule has 2 aromatic rings. The van der Waals surface area contributed by atoms with Gasteiger partial charge < -0.3 is 0 Å². The largest absolute Gasteiger partial charge is 0.264 e. The highest BCUT2D eigenvalue weighted by atomic mass is 79.9. The predicted molar refractivity (Wildman–Crippen MR) is 69.1 cm³/mol. The Bertz CT molecular complexity index is 722. The van der Waals surface area contributed by atoms with Crippen LogP contribution in [0.1, 0.15) is 0 Å². The molecule has 1 aromatic heterocycles. The van der Waals surface area contributed by atoms with E-state index in [2.05, 4.69) is 25.6 Å². The number of anilines is 1. The molecule has 4 nitrogen and oxygen atoms in total. The van der Waals surface area contributed by atoms with Gasteiger partial charge in [0.05, 0.1) is 0 Å². The van der Waals surface area contributed by atoms with Crippen LogP contribution in [0.3, 0.4) is 0 Å². The standard InChI is InChI=1S/C11H7BrF2N2O2S/c12-8-6-7(13)4-5-9(8)19(17,18)16-11-3-1-2-10(14)15-11/h1-6H,(H,15,16). The quantitative estimate of drug-likeness (QED) is 0.867. The average molecular weight is 349 g/mol. The van der Waals surface area contributed by atoms with Gasteiger partial charge in [-0.1, -0.05) is 6.07 Å². The van der Waals surface area contributed by atoms with Gasteiger partial charge in [-0.25, -0.2) is 17.8 Å². The number of pyridine rings is 1. The molecule has 0 aliphatic heterocycles. The maximum atomic E-state index is 12.9. The molecule has 1 N–H and O–H groups in total. The van der Waals surface area contributed by atoms with Gasteiger partial charge in [-0.3, -0.25) is 4.72 Å². The van der Waals surface area contributed by atoms with E-state index in [0.29, 0.717) is 0 Å². The molecule has 1 aromatic carbocycles. The van der Waals surface area contributed by atoms with Crippen LogP contribution in [0, 0.1) is 11.8 Å². The van der Waals surface area contributed by atoms with E-state index in [4.69, 9.17) is 0 Å². The number of aromatic nitrogens is 1. The Hall–Kier alpha value is -1.54. The molecule has 0 saturated carbocycles. The van der Waals surface area contributed by atoms with Crippen LogP contribution < -0.4 is 4.72 Å². The second-order valence-electron chi connectivity index (χ2n) is 3.53. The monoisotopic (exact) mass is 348 g/mol. The van der Waals surface area contributed by atoms with Gasteiger partial charge in [0.1, 0.15) is 16.5 Å². The fourth-order valence-electron chi connectivity index (χ4n) is 1.35. The lowest BCUT2D eigenvalue weighted by Gasteiger charge is -2.08. The van der Waals surface area contributed by atoms with Crippen molar-refractivity contribution in [2.24, 2.45) is 0 Å². The number of sulfonamides is 1. The number of benzene rings is 1. The van der Waals surface area contributed by atoms with Crippen molar-refractivity contribution in [2.75, 3.05) is 4.72 Å². The lowest BCUT2D eigenvalue weighted by atomic mass is 10.3. The van der Waals surface area contributed by atoms with Crippen molar-refractivity contribution in [3.05, 3.63) is 52.6 Å². The highest BCUT2D eigenvalue weighted by Gasteiger charge is 2.18. The van der Waals surface area contributed by atoms with Gasteiger partial charge in [-0.05, 0) is 46.3 Å². The Kier molecular flexibility index (Phi) is 3.81. The van der Waals surface area contributed by atoms with E-state index >= 15 is 0 Å². The van der Waals surface area contributed by atoms with Gasteiger partial charge in [-0.15, -0.1) is 0 Å². The number of rotatable bonds is 3. The molecule has 0 atom stereocenters. The lowest BCUT2D eigenvalue weighted by molar-refractivity contribution is 0.584. The summed E-state index contributed by atoms with van der Waals surface area (Å²) in [5, 5.41) is 0. The summed E-state index contributed by atoms with van der Waals surface area (Å²) in [5.74, 6) is -1.54. The highest BCUT2D eigenvalue weighted by molar-refractivity contribution is 9.10. The van der Waals surface area contributed by atoms with Crippen LogP contribution in [0.25, 0.3) is 0 Å². The molecule has 1 heterocycles. The van der Waals surface area contributed by atoms with Gasteiger partial charge in [0.25, 0.3) is 10.0 Å². The molecule has 8 heteroatoms.